The van der Waals surface area contributed by atoms with Crippen LogP contribution in [0.5, 0.6) is 0 Å². The second kappa shape index (κ2) is 19.2. The molecular weight excluding hydrogens is 1160 g/mol. The Balaban J connectivity index is 0.906. The molecule has 3 nitrogen and oxygen atoms in total. The van der Waals surface area contributed by atoms with Crippen molar-refractivity contribution >= 4 is 79.0 Å². The van der Waals surface area contributed by atoms with Crippen molar-refractivity contribution in [2.45, 2.75) is 10.8 Å². The molecule has 2 spiro atoms. The summed E-state index contributed by atoms with van der Waals surface area (Å²) in [5.74, 6) is 0. The van der Waals surface area contributed by atoms with Gasteiger partial charge >= 0.3 is 0 Å². The van der Waals surface area contributed by atoms with Crippen LogP contribution in [0, 0.1) is 0 Å². The van der Waals surface area contributed by atoms with Gasteiger partial charge in [-0.3, -0.25) is 0 Å². The summed E-state index contributed by atoms with van der Waals surface area (Å²) in [5.41, 5.74) is 38.7. The van der Waals surface area contributed by atoms with Gasteiger partial charge in [0.15, 0.2) is 0 Å². The molecule has 0 amide bonds. The molecule has 6 aliphatic rings. The second-order valence-corrected chi connectivity index (χ2v) is 26.8. The van der Waals surface area contributed by atoms with E-state index in [0.717, 1.165) is 34.1 Å². The summed E-state index contributed by atoms with van der Waals surface area (Å²) in [5, 5.41) is 2.45. The van der Waals surface area contributed by atoms with Crippen molar-refractivity contribution in [3.8, 4) is 72.4 Å². The van der Waals surface area contributed by atoms with Gasteiger partial charge in [0.2, 0.25) is 0 Å². The number of benzene rings is 15. The molecule has 0 atom stereocenters. The molecule has 0 N–H and O–H groups in total. The summed E-state index contributed by atoms with van der Waals surface area (Å²) in [7, 11) is 0. The number of aromatic nitrogens is 1. The van der Waals surface area contributed by atoms with Crippen LogP contribution in [0.3, 0.4) is 0 Å². The Hall–Kier alpha value is -12.2. The average Bonchev–Trinajstić information content (AvgIpc) is 1.43. The first kappa shape index (κ1) is 52.3. The first-order valence-electron chi connectivity index (χ1n) is 33.7. The van der Waals surface area contributed by atoms with Crippen LogP contribution >= 0.6 is 0 Å². The highest BCUT2D eigenvalue weighted by atomic mass is 15.2. The Kier molecular flexibility index (Phi) is 10.5. The van der Waals surface area contributed by atoms with Crippen molar-refractivity contribution in [3.63, 3.8) is 0 Å². The van der Waals surface area contributed by atoms with E-state index in [4.69, 9.17) is 0 Å². The van der Waals surface area contributed by atoms with Gasteiger partial charge in [0.1, 0.15) is 0 Å². The molecule has 442 valence electrons. The van der Waals surface area contributed by atoms with Gasteiger partial charge in [-0.25, -0.2) is 0 Å². The van der Waals surface area contributed by atoms with Crippen LogP contribution in [0.1, 0.15) is 44.5 Å². The van der Waals surface area contributed by atoms with E-state index in [9.17, 15) is 0 Å². The van der Waals surface area contributed by atoms with Gasteiger partial charge in [0.25, 0.3) is 6.71 Å². The van der Waals surface area contributed by atoms with Gasteiger partial charge < -0.3 is 14.4 Å². The van der Waals surface area contributed by atoms with Gasteiger partial charge in [-0.05, 0) is 188 Å². The summed E-state index contributed by atoms with van der Waals surface area (Å²) in [4.78, 5) is 5.32. The number of hydrogen-bond donors (Lipinski definition) is 0. The van der Waals surface area contributed by atoms with Gasteiger partial charge in [0, 0.05) is 44.9 Å². The topological polar surface area (TPSA) is 11.4 Å². The molecule has 22 rings (SSSR count). The maximum atomic E-state index is 2.71. The lowest BCUT2D eigenvalue weighted by Crippen LogP contribution is -2.63. The van der Waals surface area contributed by atoms with Crippen molar-refractivity contribution in [1.29, 1.82) is 0 Å². The van der Waals surface area contributed by atoms with E-state index in [0.29, 0.717) is 0 Å². The molecule has 4 aliphatic carbocycles. The van der Waals surface area contributed by atoms with Crippen LogP contribution in [0.4, 0.5) is 34.1 Å². The van der Waals surface area contributed by atoms with Crippen molar-refractivity contribution in [2.24, 2.45) is 0 Å². The Morgan fingerprint density at radius 2 is 0.625 bits per heavy atom. The Bertz CT molecular complexity index is 5900. The van der Waals surface area contributed by atoms with Crippen molar-refractivity contribution in [3.05, 3.63) is 384 Å². The molecule has 0 unspecified atom stereocenters. The normalized spacial score (nSPS) is 14.4. The third-order valence-electron chi connectivity index (χ3n) is 22.6. The van der Waals surface area contributed by atoms with E-state index in [1.165, 1.54) is 155 Å². The fraction of sp³-hybridized carbons (Fsp3) is 0.0217. The lowest BCUT2D eigenvalue weighted by atomic mass is 9.32. The molecule has 0 fully saturated rings. The van der Waals surface area contributed by atoms with Crippen LogP contribution in [0.25, 0.3) is 94.3 Å². The molecule has 0 radical (unpaired) electrons. The number of rotatable bonds is 5. The van der Waals surface area contributed by atoms with Crippen LogP contribution in [-0.2, 0) is 10.8 Å². The monoisotopic (exact) mass is 1210 g/mol. The molecule has 2 aliphatic heterocycles. The van der Waals surface area contributed by atoms with E-state index in [2.05, 4.69) is 354 Å². The minimum absolute atomic E-state index is 0.252. The van der Waals surface area contributed by atoms with Gasteiger partial charge in [0.05, 0.1) is 27.6 Å². The molecule has 4 heteroatoms. The Morgan fingerprint density at radius 1 is 0.229 bits per heavy atom. The fourth-order valence-electron chi connectivity index (χ4n) is 19.0. The number of anilines is 6. The van der Waals surface area contributed by atoms with Gasteiger partial charge in [-0.15, -0.1) is 0 Å². The van der Waals surface area contributed by atoms with E-state index in [1.807, 2.05) is 0 Å². The van der Waals surface area contributed by atoms with Crippen molar-refractivity contribution in [2.75, 3.05) is 9.80 Å². The number of nitrogens with zero attached hydrogens (tertiary/aromatic N) is 3. The standard InChI is InChI=1S/C92H56BN3/c1-3-23-57(24-4-1)59-43-46-61(47-44-59)94-84-51-45-60(58-25-5-2-6-26-58)53-81(84)93-89-86(94)55-63(96-82-41-21-13-33-70(82)71-34-14-22-42-83(71)96)56-87(89)95(62-48-50-80-73(54-62)69-32-12-17-37-76(69)91(80)74-35-15-7-27-64(74)65-28-8-16-36-75(65)91)85-52-49-72-68-31-11-20-40-79(68)92(88(72)90(85)93)77-38-18-9-29-66(77)67-30-10-19-39-78(67)92/h1-56H. The predicted octanol–water partition coefficient (Wildman–Crippen LogP) is 20.9. The third kappa shape index (κ3) is 6.58. The molecule has 1 aromatic heterocycles. The average molecular weight is 1210 g/mol. The first-order chi connectivity index (χ1) is 47.7. The fourth-order valence-corrected chi connectivity index (χ4v) is 19.0. The van der Waals surface area contributed by atoms with Crippen molar-refractivity contribution < 1.29 is 0 Å². The van der Waals surface area contributed by atoms with E-state index in [-0.39, 0.29) is 6.71 Å². The predicted molar refractivity (Wildman–Crippen MR) is 398 cm³/mol. The molecule has 0 saturated heterocycles. The molecule has 96 heavy (non-hydrogen) atoms. The summed E-state index contributed by atoms with van der Waals surface area (Å²) < 4.78 is 2.53. The lowest BCUT2D eigenvalue weighted by molar-refractivity contribution is 0.793. The third-order valence-corrected chi connectivity index (χ3v) is 22.6. The van der Waals surface area contributed by atoms with E-state index in [1.54, 1.807) is 0 Å². The minimum atomic E-state index is -0.662. The molecule has 15 aromatic carbocycles. The minimum Gasteiger partial charge on any atom is -0.311 e. The van der Waals surface area contributed by atoms with E-state index >= 15 is 0 Å². The quantitative estimate of drug-likeness (QED) is 0.159. The molecular formula is C92H56BN3. The number of para-hydroxylation sites is 2. The molecule has 0 bridgehead atoms. The highest BCUT2D eigenvalue weighted by molar-refractivity contribution is 7.01. The first-order valence-corrected chi connectivity index (χ1v) is 33.7. The summed E-state index contributed by atoms with van der Waals surface area (Å²) in [6.45, 7) is -0.252. The van der Waals surface area contributed by atoms with E-state index < -0.39 is 10.8 Å². The molecule has 0 saturated carbocycles. The van der Waals surface area contributed by atoms with Crippen LogP contribution in [0.2, 0.25) is 0 Å². The number of hydrogen-bond acceptors (Lipinski definition) is 2. The highest BCUT2D eigenvalue weighted by Gasteiger charge is 2.57. The second-order valence-electron chi connectivity index (χ2n) is 26.8. The Morgan fingerprint density at radius 3 is 1.17 bits per heavy atom. The molecule has 16 aromatic rings. The maximum absolute atomic E-state index is 2.71. The lowest BCUT2D eigenvalue weighted by Gasteiger charge is -2.46. The number of fused-ring (bicyclic) bond motifs is 28. The largest absolute Gasteiger partial charge is 0.311 e. The summed E-state index contributed by atoms with van der Waals surface area (Å²) in [6.07, 6.45) is 0. The highest BCUT2D eigenvalue weighted by Crippen LogP contribution is 2.66. The zero-order valence-electron chi connectivity index (χ0n) is 52.3. The van der Waals surface area contributed by atoms with Crippen LogP contribution in [0.15, 0.2) is 340 Å². The van der Waals surface area contributed by atoms with Crippen LogP contribution in [-0.4, -0.2) is 11.3 Å². The van der Waals surface area contributed by atoms with Crippen molar-refractivity contribution in [1.82, 2.24) is 4.57 Å². The van der Waals surface area contributed by atoms with Crippen LogP contribution < -0.4 is 26.2 Å². The summed E-state index contributed by atoms with van der Waals surface area (Å²) >= 11 is 0. The summed E-state index contributed by atoms with van der Waals surface area (Å²) in [6, 6.07) is 130. The Labute approximate surface area is 557 Å². The molecule has 3 heterocycles. The van der Waals surface area contributed by atoms with Gasteiger partial charge in [-0.2, -0.15) is 0 Å². The van der Waals surface area contributed by atoms with Gasteiger partial charge in [-0.1, -0.05) is 279 Å². The zero-order valence-corrected chi connectivity index (χ0v) is 52.3. The maximum Gasteiger partial charge on any atom is 0.252 e. The SMILES string of the molecule is c1ccc(-c2ccc(N3c4ccc(-c5ccccc5)cc4B4c5c3cc(-n3c6ccccc6c6ccccc63)cc5N(c3ccc5c(c3)-c3ccccc3C53c5ccccc5-c5ccccc53)c3ccc5c(c34)C3(c4ccccc4-c4ccccc43)c3ccccc3-5)cc2)cc1. The smallest absolute Gasteiger partial charge is 0.252 e. The zero-order chi connectivity index (χ0) is 62.5.